The van der Waals surface area contributed by atoms with Crippen LogP contribution in [0.3, 0.4) is 0 Å². The molecular formula is C11H21N. The molecular weight excluding hydrogens is 146 g/mol. The van der Waals surface area contributed by atoms with Crippen LogP contribution in [0.2, 0.25) is 0 Å². The fraction of sp³-hybridized carbons (Fsp3) is 0.818. The van der Waals surface area contributed by atoms with Crippen LogP contribution in [0.4, 0.5) is 0 Å². The summed E-state index contributed by atoms with van der Waals surface area (Å²) in [6.45, 7) is 7.86. The zero-order valence-corrected chi connectivity index (χ0v) is 8.56. The summed E-state index contributed by atoms with van der Waals surface area (Å²) < 4.78 is 0. The predicted molar refractivity (Wildman–Crippen MR) is 54.2 cm³/mol. The minimum atomic E-state index is 0.636. The van der Waals surface area contributed by atoms with Gasteiger partial charge in [-0.15, -0.1) is 0 Å². The van der Waals surface area contributed by atoms with Gasteiger partial charge in [-0.2, -0.15) is 0 Å². The van der Waals surface area contributed by atoms with Crippen LogP contribution in [0.25, 0.3) is 0 Å². The number of rotatable bonds is 3. The topological polar surface area (TPSA) is 12.0 Å². The molecule has 0 spiro atoms. The van der Waals surface area contributed by atoms with E-state index in [0.29, 0.717) is 6.04 Å². The van der Waals surface area contributed by atoms with Crippen LogP contribution in [0, 0.1) is 5.92 Å². The SMILES string of the molecule is CC1=CCC(CNC(C)C)CC1. The van der Waals surface area contributed by atoms with Gasteiger partial charge in [-0.05, 0) is 38.6 Å². The first-order valence-electron chi connectivity index (χ1n) is 5.07. The second-order valence-electron chi connectivity index (χ2n) is 4.25. The van der Waals surface area contributed by atoms with Crippen LogP contribution in [0.1, 0.15) is 40.0 Å². The summed E-state index contributed by atoms with van der Waals surface area (Å²) in [7, 11) is 0. The quantitative estimate of drug-likeness (QED) is 0.637. The van der Waals surface area contributed by atoms with Crippen molar-refractivity contribution in [2.75, 3.05) is 6.54 Å². The molecule has 1 aliphatic rings. The summed E-state index contributed by atoms with van der Waals surface area (Å²) in [4.78, 5) is 0. The summed E-state index contributed by atoms with van der Waals surface area (Å²) in [5.74, 6) is 0.885. The van der Waals surface area contributed by atoms with E-state index in [1.165, 1.54) is 25.8 Å². The van der Waals surface area contributed by atoms with Gasteiger partial charge in [0.2, 0.25) is 0 Å². The molecule has 0 saturated carbocycles. The van der Waals surface area contributed by atoms with E-state index in [1.54, 1.807) is 5.57 Å². The smallest absolute Gasteiger partial charge is 0.00104 e. The molecule has 0 aliphatic heterocycles. The normalized spacial score (nSPS) is 24.3. The Morgan fingerprint density at radius 1 is 1.58 bits per heavy atom. The second-order valence-corrected chi connectivity index (χ2v) is 4.25. The van der Waals surface area contributed by atoms with E-state index < -0.39 is 0 Å². The Kier molecular flexibility index (Phi) is 3.80. The summed E-state index contributed by atoms with van der Waals surface area (Å²) in [6, 6.07) is 0.636. The van der Waals surface area contributed by atoms with Crippen molar-refractivity contribution in [2.45, 2.75) is 46.1 Å². The van der Waals surface area contributed by atoms with E-state index in [4.69, 9.17) is 0 Å². The lowest BCUT2D eigenvalue weighted by atomic mass is 9.90. The minimum Gasteiger partial charge on any atom is -0.314 e. The van der Waals surface area contributed by atoms with Gasteiger partial charge in [0.15, 0.2) is 0 Å². The lowest BCUT2D eigenvalue weighted by molar-refractivity contribution is 0.414. The second kappa shape index (κ2) is 4.66. The van der Waals surface area contributed by atoms with E-state index >= 15 is 0 Å². The van der Waals surface area contributed by atoms with Gasteiger partial charge >= 0.3 is 0 Å². The maximum Gasteiger partial charge on any atom is 0.00104 e. The molecule has 0 aromatic carbocycles. The molecule has 0 aromatic rings. The predicted octanol–water partition coefficient (Wildman–Crippen LogP) is 2.73. The Morgan fingerprint density at radius 2 is 2.33 bits per heavy atom. The number of hydrogen-bond acceptors (Lipinski definition) is 1. The molecule has 1 heteroatoms. The summed E-state index contributed by atoms with van der Waals surface area (Å²) >= 11 is 0. The van der Waals surface area contributed by atoms with Crippen LogP contribution in [0.5, 0.6) is 0 Å². The molecule has 70 valence electrons. The fourth-order valence-corrected chi connectivity index (χ4v) is 1.61. The average Bonchev–Trinajstić information content (AvgIpc) is 2.03. The Hall–Kier alpha value is -0.300. The van der Waals surface area contributed by atoms with Crippen LogP contribution >= 0.6 is 0 Å². The lowest BCUT2D eigenvalue weighted by Gasteiger charge is -2.21. The highest BCUT2D eigenvalue weighted by molar-refractivity contribution is 5.03. The van der Waals surface area contributed by atoms with Crippen molar-refractivity contribution in [2.24, 2.45) is 5.92 Å². The molecule has 1 N–H and O–H groups in total. The first-order chi connectivity index (χ1) is 5.68. The van der Waals surface area contributed by atoms with Crippen molar-refractivity contribution >= 4 is 0 Å². The third-order valence-corrected chi connectivity index (χ3v) is 2.56. The number of allylic oxidation sites excluding steroid dienone is 2. The first-order valence-corrected chi connectivity index (χ1v) is 5.07. The molecule has 0 saturated heterocycles. The largest absolute Gasteiger partial charge is 0.314 e. The molecule has 12 heavy (non-hydrogen) atoms. The molecule has 0 radical (unpaired) electrons. The van der Waals surface area contributed by atoms with Crippen molar-refractivity contribution < 1.29 is 0 Å². The van der Waals surface area contributed by atoms with Gasteiger partial charge in [0, 0.05) is 6.04 Å². The molecule has 1 nitrogen and oxygen atoms in total. The van der Waals surface area contributed by atoms with Crippen molar-refractivity contribution in [3.63, 3.8) is 0 Å². The van der Waals surface area contributed by atoms with Crippen molar-refractivity contribution in [1.29, 1.82) is 0 Å². The highest BCUT2D eigenvalue weighted by Gasteiger charge is 2.11. The maximum atomic E-state index is 3.50. The molecule has 1 unspecified atom stereocenters. The Morgan fingerprint density at radius 3 is 2.83 bits per heavy atom. The highest BCUT2D eigenvalue weighted by Crippen LogP contribution is 2.22. The maximum absolute atomic E-state index is 3.50. The fourth-order valence-electron chi connectivity index (χ4n) is 1.61. The average molecular weight is 167 g/mol. The molecule has 0 heterocycles. The van der Waals surface area contributed by atoms with Gasteiger partial charge in [0.05, 0.1) is 0 Å². The molecule has 0 bridgehead atoms. The standard InChI is InChI=1S/C11H21N/c1-9(2)12-8-11-6-4-10(3)5-7-11/h4,9,11-12H,5-8H2,1-3H3. The molecule has 1 atom stereocenters. The van der Waals surface area contributed by atoms with E-state index in [2.05, 4.69) is 32.2 Å². The van der Waals surface area contributed by atoms with Gasteiger partial charge in [0.1, 0.15) is 0 Å². The van der Waals surface area contributed by atoms with Gasteiger partial charge < -0.3 is 5.32 Å². The van der Waals surface area contributed by atoms with Gasteiger partial charge in [-0.3, -0.25) is 0 Å². The van der Waals surface area contributed by atoms with Gasteiger partial charge in [-0.25, -0.2) is 0 Å². The van der Waals surface area contributed by atoms with Gasteiger partial charge in [-0.1, -0.05) is 25.5 Å². The molecule has 0 amide bonds. The monoisotopic (exact) mass is 167 g/mol. The molecule has 1 aliphatic carbocycles. The van der Waals surface area contributed by atoms with Gasteiger partial charge in [0.25, 0.3) is 0 Å². The molecule has 0 fully saturated rings. The third kappa shape index (κ3) is 3.40. The lowest BCUT2D eigenvalue weighted by Crippen LogP contribution is -2.29. The Bertz CT molecular complexity index is 158. The van der Waals surface area contributed by atoms with Crippen LogP contribution < -0.4 is 5.32 Å². The Labute approximate surface area is 76.2 Å². The summed E-state index contributed by atoms with van der Waals surface area (Å²) in [5.41, 5.74) is 1.58. The van der Waals surface area contributed by atoms with Crippen LogP contribution in [-0.2, 0) is 0 Å². The molecule has 0 aromatic heterocycles. The van der Waals surface area contributed by atoms with E-state index in [-0.39, 0.29) is 0 Å². The van der Waals surface area contributed by atoms with Crippen LogP contribution in [-0.4, -0.2) is 12.6 Å². The first kappa shape index (κ1) is 9.79. The number of nitrogens with one attached hydrogen (secondary N) is 1. The van der Waals surface area contributed by atoms with E-state index in [0.717, 1.165) is 5.92 Å². The van der Waals surface area contributed by atoms with Crippen molar-refractivity contribution in [1.82, 2.24) is 5.32 Å². The van der Waals surface area contributed by atoms with E-state index in [9.17, 15) is 0 Å². The van der Waals surface area contributed by atoms with Crippen molar-refractivity contribution in [3.8, 4) is 0 Å². The Balaban J connectivity index is 2.19. The van der Waals surface area contributed by atoms with E-state index in [1.807, 2.05) is 0 Å². The zero-order valence-electron chi connectivity index (χ0n) is 8.56. The summed E-state index contributed by atoms with van der Waals surface area (Å²) in [6.07, 6.45) is 6.37. The summed E-state index contributed by atoms with van der Waals surface area (Å²) in [5, 5.41) is 3.50. The zero-order chi connectivity index (χ0) is 8.97. The third-order valence-electron chi connectivity index (χ3n) is 2.56. The van der Waals surface area contributed by atoms with Crippen molar-refractivity contribution in [3.05, 3.63) is 11.6 Å². The minimum absolute atomic E-state index is 0.636. The highest BCUT2D eigenvalue weighted by atomic mass is 14.9. The molecule has 1 rings (SSSR count). The number of hydrogen-bond donors (Lipinski definition) is 1. The van der Waals surface area contributed by atoms with Crippen LogP contribution in [0.15, 0.2) is 11.6 Å².